The summed E-state index contributed by atoms with van der Waals surface area (Å²) in [7, 11) is 0. The Morgan fingerprint density at radius 3 is 2.79 bits per heavy atom. The number of rotatable bonds is 8. The molecule has 19 heavy (non-hydrogen) atoms. The van der Waals surface area contributed by atoms with Crippen LogP contribution >= 0.6 is 0 Å². The van der Waals surface area contributed by atoms with E-state index in [4.69, 9.17) is 0 Å². The highest BCUT2D eigenvalue weighted by Gasteiger charge is 2.19. The Balaban J connectivity index is 1.87. The van der Waals surface area contributed by atoms with Crippen LogP contribution in [0, 0.1) is 0 Å². The van der Waals surface area contributed by atoms with Gasteiger partial charge >= 0.3 is 0 Å². The maximum atomic E-state index is 4.57. The van der Waals surface area contributed by atoms with Crippen molar-refractivity contribution in [2.24, 2.45) is 0 Å². The van der Waals surface area contributed by atoms with Crippen molar-refractivity contribution in [3.63, 3.8) is 0 Å². The largest absolute Gasteiger partial charge is 0.310 e. The van der Waals surface area contributed by atoms with E-state index in [1.165, 1.54) is 18.4 Å². The molecule has 0 saturated heterocycles. The first-order valence-corrected chi connectivity index (χ1v) is 7.21. The molecule has 0 atom stereocenters. The summed E-state index contributed by atoms with van der Waals surface area (Å²) in [6.45, 7) is 11.0. The van der Waals surface area contributed by atoms with Gasteiger partial charge in [0.25, 0.3) is 0 Å². The minimum Gasteiger partial charge on any atom is -0.310 e. The van der Waals surface area contributed by atoms with Gasteiger partial charge in [-0.05, 0) is 38.3 Å². The fourth-order valence-electron chi connectivity index (χ4n) is 2.03. The SMILES string of the molecule is C=CCN(Cc1ccc(CNC2CC2)cn1)C(C)C. The lowest BCUT2D eigenvalue weighted by atomic mass is 10.2. The summed E-state index contributed by atoms with van der Waals surface area (Å²) in [4.78, 5) is 6.92. The van der Waals surface area contributed by atoms with Gasteiger partial charge in [0.15, 0.2) is 0 Å². The Morgan fingerprint density at radius 1 is 1.47 bits per heavy atom. The number of hydrogen-bond acceptors (Lipinski definition) is 3. The molecule has 1 aromatic rings. The van der Waals surface area contributed by atoms with Crippen molar-refractivity contribution >= 4 is 0 Å². The number of hydrogen-bond donors (Lipinski definition) is 1. The first-order chi connectivity index (χ1) is 9.19. The van der Waals surface area contributed by atoms with E-state index in [1.54, 1.807) is 0 Å². The summed E-state index contributed by atoms with van der Waals surface area (Å²) in [5.74, 6) is 0. The zero-order chi connectivity index (χ0) is 13.7. The number of aromatic nitrogens is 1. The van der Waals surface area contributed by atoms with Gasteiger partial charge in [0.05, 0.1) is 5.69 Å². The molecule has 1 aliphatic rings. The summed E-state index contributed by atoms with van der Waals surface area (Å²) < 4.78 is 0. The average Bonchev–Trinajstić information content (AvgIpc) is 3.21. The summed E-state index contributed by atoms with van der Waals surface area (Å²) in [6.07, 6.45) is 6.61. The molecule has 1 N–H and O–H groups in total. The molecule has 0 amide bonds. The quantitative estimate of drug-likeness (QED) is 0.728. The lowest BCUT2D eigenvalue weighted by molar-refractivity contribution is 0.234. The van der Waals surface area contributed by atoms with Gasteiger partial charge in [0, 0.05) is 37.9 Å². The molecule has 1 saturated carbocycles. The molecule has 2 rings (SSSR count). The van der Waals surface area contributed by atoms with Crippen LogP contribution in [0.2, 0.25) is 0 Å². The normalized spacial score (nSPS) is 15.2. The molecule has 1 fully saturated rings. The second-order valence-corrected chi connectivity index (χ2v) is 5.62. The topological polar surface area (TPSA) is 28.2 Å². The van der Waals surface area contributed by atoms with Crippen molar-refractivity contribution in [2.45, 2.75) is 51.9 Å². The molecule has 0 bridgehead atoms. The summed E-state index contributed by atoms with van der Waals surface area (Å²) in [5, 5.41) is 3.51. The van der Waals surface area contributed by atoms with E-state index in [1.807, 2.05) is 12.3 Å². The maximum absolute atomic E-state index is 4.57. The van der Waals surface area contributed by atoms with Gasteiger partial charge in [0.1, 0.15) is 0 Å². The maximum Gasteiger partial charge on any atom is 0.0544 e. The van der Waals surface area contributed by atoms with Gasteiger partial charge in [0.2, 0.25) is 0 Å². The van der Waals surface area contributed by atoms with Crippen LogP contribution in [-0.4, -0.2) is 28.5 Å². The van der Waals surface area contributed by atoms with Gasteiger partial charge in [-0.3, -0.25) is 9.88 Å². The van der Waals surface area contributed by atoms with E-state index >= 15 is 0 Å². The minimum atomic E-state index is 0.510. The third kappa shape index (κ3) is 4.77. The predicted molar refractivity (Wildman–Crippen MR) is 79.8 cm³/mol. The van der Waals surface area contributed by atoms with Gasteiger partial charge in [-0.15, -0.1) is 6.58 Å². The van der Waals surface area contributed by atoms with Gasteiger partial charge in [-0.25, -0.2) is 0 Å². The van der Waals surface area contributed by atoms with Crippen LogP contribution < -0.4 is 5.32 Å². The van der Waals surface area contributed by atoms with E-state index in [0.29, 0.717) is 6.04 Å². The molecule has 1 heterocycles. The molecule has 3 heteroatoms. The second kappa shape index (κ2) is 6.83. The van der Waals surface area contributed by atoms with E-state index < -0.39 is 0 Å². The molecule has 3 nitrogen and oxygen atoms in total. The van der Waals surface area contributed by atoms with Crippen molar-refractivity contribution in [2.75, 3.05) is 6.54 Å². The van der Waals surface area contributed by atoms with Crippen LogP contribution in [0.25, 0.3) is 0 Å². The number of nitrogens with zero attached hydrogens (tertiary/aromatic N) is 2. The zero-order valence-corrected chi connectivity index (χ0v) is 12.1. The molecule has 0 radical (unpaired) electrons. The van der Waals surface area contributed by atoms with E-state index in [0.717, 1.165) is 31.4 Å². The highest BCUT2D eigenvalue weighted by Crippen LogP contribution is 2.19. The smallest absolute Gasteiger partial charge is 0.0544 e. The third-order valence-electron chi connectivity index (χ3n) is 3.52. The van der Waals surface area contributed by atoms with E-state index in [-0.39, 0.29) is 0 Å². The third-order valence-corrected chi connectivity index (χ3v) is 3.52. The molecular formula is C16H25N3. The molecule has 1 aliphatic carbocycles. The number of nitrogens with one attached hydrogen (secondary N) is 1. The van der Waals surface area contributed by atoms with Crippen molar-refractivity contribution in [1.29, 1.82) is 0 Å². The molecule has 104 valence electrons. The lowest BCUT2D eigenvalue weighted by Gasteiger charge is -2.24. The second-order valence-electron chi connectivity index (χ2n) is 5.62. The lowest BCUT2D eigenvalue weighted by Crippen LogP contribution is -2.30. The Hall–Kier alpha value is -1.19. The van der Waals surface area contributed by atoms with Gasteiger partial charge in [-0.1, -0.05) is 12.1 Å². The molecule has 0 aromatic carbocycles. The molecule has 0 aliphatic heterocycles. The molecule has 0 unspecified atom stereocenters. The van der Waals surface area contributed by atoms with Crippen LogP contribution in [0.3, 0.4) is 0 Å². The van der Waals surface area contributed by atoms with Crippen LogP contribution in [-0.2, 0) is 13.1 Å². The monoisotopic (exact) mass is 259 g/mol. The standard InChI is InChI=1S/C16H25N3/c1-4-9-19(13(2)3)12-16-6-5-14(11-18-16)10-17-15-7-8-15/h4-6,11,13,15,17H,1,7-10,12H2,2-3H3. The van der Waals surface area contributed by atoms with Gasteiger partial charge < -0.3 is 5.32 Å². The summed E-state index contributed by atoms with van der Waals surface area (Å²) in [6, 6.07) is 5.59. The Kier molecular flexibility index (Phi) is 5.11. The minimum absolute atomic E-state index is 0.510. The fraction of sp³-hybridized carbons (Fsp3) is 0.562. The van der Waals surface area contributed by atoms with E-state index in [2.05, 4.69) is 47.8 Å². The van der Waals surface area contributed by atoms with Crippen molar-refractivity contribution in [3.8, 4) is 0 Å². The first-order valence-electron chi connectivity index (χ1n) is 7.21. The van der Waals surface area contributed by atoms with Crippen molar-refractivity contribution < 1.29 is 0 Å². The van der Waals surface area contributed by atoms with Crippen LogP contribution in [0.5, 0.6) is 0 Å². The Morgan fingerprint density at radius 2 is 2.26 bits per heavy atom. The average molecular weight is 259 g/mol. The molecule has 0 spiro atoms. The Bertz CT molecular complexity index is 393. The Labute approximate surface area is 116 Å². The van der Waals surface area contributed by atoms with E-state index in [9.17, 15) is 0 Å². The summed E-state index contributed by atoms with van der Waals surface area (Å²) in [5.41, 5.74) is 2.40. The first kappa shape index (κ1) is 14.2. The highest BCUT2D eigenvalue weighted by atomic mass is 15.1. The predicted octanol–water partition coefficient (Wildman–Crippen LogP) is 2.73. The van der Waals surface area contributed by atoms with Crippen molar-refractivity contribution in [1.82, 2.24) is 15.2 Å². The van der Waals surface area contributed by atoms with Crippen LogP contribution in [0.4, 0.5) is 0 Å². The van der Waals surface area contributed by atoms with Crippen molar-refractivity contribution in [3.05, 3.63) is 42.2 Å². The van der Waals surface area contributed by atoms with Crippen LogP contribution in [0.1, 0.15) is 37.9 Å². The van der Waals surface area contributed by atoms with Crippen LogP contribution in [0.15, 0.2) is 31.0 Å². The zero-order valence-electron chi connectivity index (χ0n) is 12.1. The molecular weight excluding hydrogens is 234 g/mol. The highest BCUT2D eigenvalue weighted by molar-refractivity contribution is 5.14. The fourth-order valence-corrected chi connectivity index (χ4v) is 2.03. The van der Waals surface area contributed by atoms with Gasteiger partial charge in [-0.2, -0.15) is 0 Å². The number of pyridine rings is 1. The summed E-state index contributed by atoms with van der Waals surface area (Å²) >= 11 is 0. The molecule has 1 aromatic heterocycles.